The van der Waals surface area contributed by atoms with Crippen molar-refractivity contribution in [1.82, 2.24) is 0 Å². The standard InChI is InChI=1S/C29H36O15.C20H32O5/c1-11-22(32)24(34)26(36)28(41-11)40-10-20-23(33)25(35)27(37)29(44-20)42-13-7-14(30)21-15(31)9-17(43-19(21)8-13)12-4-5-16(38-2)18(6-12)39-3;1-2-3-6-9-15(21)12-13-17-16(18(22)14-19(17)23)10-7-4-5-8-11-20(24)25/h4-8,11,17,20,22-30,32-37H,9-10H2,1-3H3;4,7,12-13,15-17,19,21,23H,2-3,5-6,8-11,14H2,1H3,(H,24,25)/b;7-4-,13-12+/t11-,17-,20+,22-,23+,24+,25-,26+,27+,28+,29+;15-,16+,17+,19+/m00/s1. The normalized spacial score (nSPS) is 31.7. The van der Waals surface area contributed by atoms with E-state index in [4.69, 9.17) is 38.3 Å². The number of benzene rings is 2. The van der Waals surface area contributed by atoms with Crippen LogP contribution in [0.2, 0.25) is 0 Å². The molecule has 384 valence electrons. The Morgan fingerprint density at radius 3 is 2.25 bits per heavy atom. The van der Waals surface area contributed by atoms with Gasteiger partial charge in [-0.2, -0.15) is 0 Å². The topological polar surface area (TPSA) is 318 Å². The van der Waals surface area contributed by atoms with Gasteiger partial charge in [0, 0.05) is 36.8 Å². The molecular formula is C49H68O20. The summed E-state index contributed by atoms with van der Waals surface area (Å²) < 4.78 is 38.9. The van der Waals surface area contributed by atoms with E-state index in [9.17, 15) is 60.3 Å². The zero-order valence-electron chi connectivity index (χ0n) is 39.2. The SMILES string of the molecule is CCCCC[C@H](O)/C=C/[C@H]1[C@H](O)CC(=O)[C@@H]1C/C=C\CCCC(=O)O.COc1ccc([C@@H]2CC(=O)c3c(O)cc(O[C@@H]4O[C@H](CO[C@@H]5O[C@@H](C)[C@H](O)[C@@H](O)[C@H]5O)[C@@H](O)[C@H](O)[C@H]4O)cc3O2)cc1OC. The molecule has 2 saturated heterocycles. The molecule has 0 spiro atoms. The number of carbonyl (C=O) groups is 3. The van der Waals surface area contributed by atoms with E-state index >= 15 is 0 Å². The predicted molar refractivity (Wildman–Crippen MR) is 243 cm³/mol. The molecule has 10 N–H and O–H groups in total. The van der Waals surface area contributed by atoms with Crippen molar-refractivity contribution in [3.63, 3.8) is 0 Å². The molecule has 6 rings (SSSR count). The first kappa shape index (κ1) is 55.2. The van der Waals surface area contributed by atoms with Gasteiger partial charge in [-0.25, -0.2) is 0 Å². The molecule has 0 amide bonds. The lowest BCUT2D eigenvalue weighted by Gasteiger charge is -2.42. The number of hydrogen-bond donors (Lipinski definition) is 10. The monoisotopic (exact) mass is 976 g/mol. The lowest BCUT2D eigenvalue weighted by atomic mass is 9.90. The molecule has 2 aromatic rings. The van der Waals surface area contributed by atoms with E-state index in [2.05, 4.69) is 6.92 Å². The first-order valence-electron chi connectivity index (χ1n) is 23.3. The fraction of sp³-hybridized carbons (Fsp3) is 0.612. The number of allylic oxidation sites excluding steroid dienone is 2. The summed E-state index contributed by atoms with van der Waals surface area (Å²) in [5, 5.41) is 101. The second-order valence-electron chi connectivity index (χ2n) is 17.7. The van der Waals surface area contributed by atoms with Crippen molar-refractivity contribution in [1.29, 1.82) is 0 Å². The second kappa shape index (κ2) is 25.9. The van der Waals surface area contributed by atoms with E-state index in [1.807, 2.05) is 12.2 Å². The molecule has 0 radical (unpaired) electrons. The van der Waals surface area contributed by atoms with Gasteiger partial charge in [0.15, 0.2) is 23.6 Å². The fourth-order valence-corrected chi connectivity index (χ4v) is 8.56. The van der Waals surface area contributed by atoms with Crippen LogP contribution in [0.25, 0.3) is 0 Å². The highest BCUT2D eigenvalue weighted by atomic mass is 16.7. The van der Waals surface area contributed by atoms with Crippen LogP contribution in [0.5, 0.6) is 28.7 Å². The summed E-state index contributed by atoms with van der Waals surface area (Å²) in [6.45, 7) is 3.10. The van der Waals surface area contributed by atoms with E-state index in [1.165, 1.54) is 27.2 Å². The molecule has 2 aromatic carbocycles. The van der Waals surface area contributed by atoms with Crippen molar-refractivity contribution in [2.75, 3.05) is 20.8 Å². The highest BCUT2D eigenvalue weighted by Crippen LogP contribution is 2.44. The number of unbranched alkanes of at least 4 members (excludes halogenated alkanes) is 3. The van der Waals surface area contributed by atoms with Gasteiger partial charge in [-0.15, -0.1) is 0 Å². The summed E-state index contributed by atoms with van der Waals surface area (Å²) in [5.41, 5.74) is 0.551. The van der Waals surface area contributed by atoms with Crippen LogP contribution in [-0.4, -0.2) is 163 Å². The third kappa shape index (κ3) is 14.4. The number of carboxylic acids is 1. The van der Waals surface area contributed by atoms with Crippen LogP contribution in [0.4, 0.5) is 0 Å². The number of aliphatic hydroxyl groups is 8. The fourth-order valence-electron chi connectivity index (χ4n) is 8.56. The van der Waals surface area contributed by atoms with Gasteiger partial charge < -0.3 is 84.2 Å². The number of phenols is 1. The van der Waals surface area contributed by atoms with Crippen molar-refractivity contribution in [3.05, 3.63) is 65.8 Å². The maximum Gasteiger partial charge on any atom is 0.303 e. The number of rotatable bonds is 20. The summed E-state index contributed by atoms with van der Waals surface area (Å²) in [4.78, 5) is 35.5. The average Bonchev–Trinajstić information content (AvgIpc) is 3.59. The number of Topliss-reactive ketones (excluding diaryl/α,β-unsaturated/α-hetero) is 2. The Balaban J connectivity index is 0.000000303. The number of aliphatic hydroxyl groups excluding tert-OH is 8. The first-order chi connectivity index (χ1) is 32.9. The predicted octanol–water partition coefficient (Wildman–Crippen LogP) is 2.40. The van der Waals surface area contributed by atoms with Gasteiger partial charge in [0.25, 0.3) is 0 Å². The first-order valence-corrected chi connectivity index (χ1v) is 23.3. The lowest BCUT2D eigenvalue weighted by molar-refractivity contribution is -0.318. The molecule has 20 nitrogen and oxygen atoms in total. The molecule has 69 heavy (non-hydrogen) atoms. The van der Waals surface area contributed by atoms with Gasteiger partial charge >= 0.3 is 5.97 Å². The Morgan fingerprint density at radius 2 is 1.55 bits per heavy atom. The van der Waals surface area contributed by atoms with Gasteiger partial charge in [-0.1, -0.05) is 56.6 Å². The van der Waals surface area contributed by atoms with E-state index in [0.717, 1.165) is 25.3 Å². The Bertz CT molecular complexity index is 2060. The molecule has 15 atom stereocenters. The van der Waals surface area contributed by atoms with Crippen LogP contribution in [0.3, 0.4) is 0 Å². The molecule has 1 saturated carbocycles. The third-order valence-electron chi connectivity index (χ3n) is 12.6. The molecule has 0 unspecified atom stereocenters. The van der Waals surface area contributed by atoms with Crippen molar-refractivity contribution in [3.8, 4) is 28.7 Å². The maximum atomic E-state index is 13.0. The molecule has 3 aliphatic heterocycles. The van der Waals surface area contributed by atoms with Crippen LogP contribution < -0.4 is 18.9 Å². The number of aliphatic carboxylic acids is 1. The van der Waals surface area contributed by atoms with Crippen molar-refractivity contribution >= 4 is 17.5 Å². The third-order valence-corrected chi connectivity index (χ3v) is 12.6. The highest BCUT2D eigenvalue weighted by Gasteiger charge is 2.48. The van der Waals surface area contributed by atoms with Crippen LogP contribution in [-0.2, 0) is 23.8 Å². The van der Waals surface area contributed by atoms with Gasteiger partial charge in [-0.05, 0) is 50.3 Å². The number of phenolic OH excluding ortho intramolecular Hbond substituents is 1. The molecule has 1 aliphatic carbocycles. The van der Waals surface area contributed by atoms with Crippen LogP contribution >= 0.6 is 0 Å². The Kier molecular flexibility index (Phi) is 20.8. The lowest BCUT2D eigenvalue weighted by Crippen LogP contribution is -2.61. The minimum Gasteiger partial charge on any atom is -0.507 e. The number of fused-ring (bicyclic) bond motifs is 1. The molecular weight excluding hydrogens is 909 g/mol. The van der Waals surface area contributed by atoms with E-state index in [1.54, 1.807) is 30.4 Å². The van der Waals surface area contributed by atoms with Crippen molar-refractivity contribution < 1.29 is 98.6 Å². The molecule has 20 heteroatoms. The maximum absolute atomic E-state index is 13.0. The minimum atomic E-state index is -1.76. The summed E-state index contributed by atoms with van der Waals surface area (Å²) >= 11 is 0. The van der Waals surface area contributed by atoms with E-state index in [-0.39, 0.29) is 59.7 Å². The van der Waals surface area contributed by atoms with Crippen LogP contribution in [0.1, 0.15) is 100 Å². The van der Waals surface area contributed by atoms with Crippen molar-refractivity contribution in [2.45, 2.75) is 158 Å². The van der Waals surface area contributed by atoms with E-state index < -0.39 is 98.0 Å². The van der Waals surface area contributed by atoms with Crippen LogP contribution in [0.15, 0.2) is 54.6 Å². The number of hydrogen-bond acceptors (Lipinski definition) is 19. The minimum absolute atomic E-state index is 0.0000931. The number of carboxylic acid groups (broad SMARTS) is 1. The largest absolute Gasteiger partial charge is 0.507 e. The zero-order chi connectivity index (χ0) is 50.5. The molecule has 3 heterocycles. The number of carbonyl (C=O) groups excluding carboxylic acids is 2. The molecule has 0 bridgehead atoms. The number of ether oxygens (including phenoxy) is 7. The highest BCUT2D eigenvalue weighted by molar-refractivity contribution is 6.02. The summed E-state index contributed by atoms with van der Waals surface area (Å²) in [6, 6.07) is 7.50. The number of ketones is 2. The van der Waals surface area contributed by atoms with E-state index in [0.29, 0.717) is 42.7 Å². The summed E-state index contributed by atoms with van der Waals surface area (Å²) in [5.74, 6) is -1.27. The second-order valence-corrected chi connectivity index (χ2v) is 17.7. The summed E-state index contributed by atoms with van der Waals surface area (Å²) in [6.07, 6.45) is -3.58. The Labute approximate surface area is 400 Å². The number of methoxy groups -OCH3 is 2. The quantitative estimate of drug-likeness (QED) is 0.0673. The average molecular weight is 977 g/mol. The van der Waals surface area contributed by atoms with Gasteiger partial charge in [0.05, 0.1) is 45.6 Å². The van der Waals surface area contributed by atoms with Gasteiger partial charge in [0.1, 0.15) is 77.4 Å². The van der Waals surface area contributed by atoms with Crippen LogP contribution in [0, 0.1) is 11.8 Å². The summed E-state index contributed by atoms with van der Waals surface area (Å²) in [7, 11) is 2.97. The van der Waals surface area contributed by atoms with Gasteiger partial charge in [-0.3, -0.25) is 14.4 Å². The molecule has 4 aliphatic rings. The smallest absolute Gasteiger partial charge is 0.303 e. The Hall–Kier alpha value is -4.71. The molecule has 0 aromatic heterocycles. The number of aromatic hydroxyl groups is 1. The Morgan fingerprint density at radius 1 is 0.841 bits per heavy atom. The zero-order valence-corrected chi connectivity index (χ0v) is 39.2. The van der Waals surface area contributed by atoms with Crippen molar-refractivity contribution in [2.24, 2.45) is 11.8 Å². The van der Waals surface area contributed by atoms with Gasteiger partial charge in [0.2, 0.25) is 6.29 Å². The molecule has 3 fully saturated rings.